The van der Waals surface area contributed by atoms with Crippen molar-refractivity contribution in [2.75, 3.05) is 11.9 Å². The second-order valence-corrected chi connectivity index (χ2v) is 3.11. The van der Waals surface area contributed by atoms with Crippen LogP contribution in [-0.2, 0) is 6.42 Å². The molecule has 0 saturated heterocycles. The first-order valence-electron chi connectivity index (χ1n) is 4.82. The van der Waals surface area contributed by atoms with Crippen molar-refractivity contribution in [2.24, 2.45) is 0 Å². The van der Waals surface area contributed by atoms with Crippen molar-refractivity contribution in [3.8, 4) is 0 Å². The number of aromatic carboxylic acids is 1. The van der Waals surface area contributed by atoms with E-state index in [9.17, 15) is 4.79 Å². The molecule has 0 radical (unpaired) electrons. The van der Waals surface area contributed by atoms with E-state index in [4.69, 9.17) is 9.63 Å². The molecule has 2 aromatic heterocycles. The Morgan fingerprint density at radius 3 is 3.12 bits per heavy atom. The highest BCUT2D eigenvalue weighted by Gasteiger charge is 2.10. The molecule has 0 bridgehead atoms. The molecular weight excluding hydrogens is 226 g/mol. The fourth-order valence-electron chi connectivity index (χ4n) is 1.23. The minimum absolute atomic E-state index is 0.0746. The van der Waals surface area contributed by atoms with E-state index >= 15 is 0 Å². The molecule has 0 spiro atoms. The molecule has 2 aromatic rings. The third-order valence-corrected chi connectivity index (χ3v) is 1.99. The van der Waals surface area contributed by atoms with Crippen LogP contribution >= 0.6 is 0 Å². The van der Waals surface area contributed by atoms with Crippen LogP contribution in [0.25, 0.3) is 0 Å². The van der Waals surface area contributed by atoms with Crippen molar-refractivity contribution in [3.63, 3.8) is 0 Å². The summed E-state index contributed by atoms with van der Waals surface area (Å²) in [5, 5.41) is 22.5. The molecule has 88 valence electrons. The van der Waals surface area contributed by atoms with Crippen molar-refractivity contribution < 1.29 is 14.4 Å². The van der Waals surface area contributed by atoms with Crippen LogP contribution in [0.3, 0.4) is 0 Å². The molecule has 0 atom stereocenters. The topological polar surface area (TPSA) is 114 Å². The maximum Gasteiger partial charge on any atom is 0.339 e. The summed E-state index contributed by atoms with van der Waals surface area (Å²) in [6.45, 7) is 0.432. The summed E-state index contributed by atoms with van der Waals surface area (Å²) in [4.78, 5) is 14.7. The average molecular weight is 235 g/mol. The maximum absolute atomic E-state index is 10.9. The van der Waals surface area contributed by atoms with Gasteiger partial charge in [-0.1, -0.05) is 5.16 Å². The molecule has 2 heterocycles. The molecule has 0 aliphatic heterocycles. The van der Waals surface area contributed by atoms with Crippen molar-refractivity contribution in [1.29, 1.82) is 0 Å². The number of carbonyl (C=O) groups is 1. The Balaban J connectivity index is 1.97. The summed E-state index contributed by atoms with van der Waals surface area (Å²) in [6, 6.07) is 1.38. The van der Waals surface area contributed by atoms with Crippen LogP contribution in [0.2, 0.25) is 0 Å². The van der Waals surface area contributed by atoms with Crippen molar-refractivity contribution in [3.05, 3.63) is 30.0 Å². The van der Waals surface area contributed by atoms with E-state index in [1.807, 2.05) is 0 Å². The summed E-state index contributed by atoms with van der Waals surface area (Å²) in [7, 11) is 0. The first kappa shape index (κ1) is 11.0. The van der Waals surface area contributed by atoms with Gasteiger partial charge < -0.3 is 14.9 Å². The minimum atomic E-state index is -1.06. The zero-order chi connectivity index (χ0) is 12.1. The Hall–Kier alpha value is -2.51. The number of carboxylic acid groups (broad SMARTS) is 1. The van der Waals surface area contributed by atoms with Crippen molar-refractivity contribution >= 4 is 11.8 Å². The fourth-order valence-corrected chi connectivity index (χ4v) is 1.23. The summed E-state index contributed by atoms with van der Waals surface area (Å²) < 4.78 is 4.80. The van der Waals surface area contributed by atoms with Gasteiger partial charge in [0.25, 0.3) is 0 Å². The number of anilines is 1. The van der Waals surface area contributed by atoms with Gasteiger partial charge in [0.15, 0.2) is 12.1 Å². The molecule has 0 fully saturated rings. The summed E-state index contributed by atoms with van der Waals surface area (Å²) in [5.74, 6) is -0.363. The maximum atomic E-state index is 10.9. The highest BCUT2D eigenvalue weighted by atomic mass is 16.5. The van der Waals surface area contributed by atoms with Gasteiger partial charge in [-0.2, -0.15) is 10.1 Å². The highest BCUT2D eigenvalue weighted by Crippen LogP contribution is 2.09. The third-order valence-electron chi connectivity index (χ3n) is 1.99. The molecule has 0 aliphatic rings. The van der Waals surface area contributed by atoms with Crippen LogP contribution in [0, 0.1) is 0 Å². The molecular formula is C9H9N5O3. The van der Waals surface area contributed by atoms with E-state index in [2.05, 4.69) is 25.7 Å². The number of rotatable bonds is 5. The fraction of sp³-hybridized carbons (Fsp3) is 0.222. The van der Waals surface area contributed by atoms with E-state index in [0.717, 1.165) is 0 Å². The van der Waals surface area contributed by atoms with Crippen LogP contribution in [0.15, 0.2) is 23.1 Å². The van der Waals surface area contributed by atoms with Gasteiger partial charge in [-0.05, 0) is 6.07 Å². The second-order valence-electron chi connectivity index (χ2n) is 3.11. The van der Waals surface area contributed by atoms with Gasteiger partial charge in [-0.3, -0.25) is 0 Å². The lowest BCUT2D eigenvalue weighted by molar-refractivity contribution is 0.0697. The third kappa shape index (κ3) is 2.74. The summed E-state index contributed by atoms with van der Waals surface area (Å²) in [5.41, 5.74) is 0.0746. The lowest BCUT2D eigenvalue weighted by Gasteiger charge is -2.05. The zero-order valence-corrected chi connectivity index (χ0v) is 8.70. The van der Waals surface area contributed by atoms with E-state index < -0.39 is 5.97 Å². The monoisotopic (exact) mass is 235 g/mol. The number of hydrogen-bond donors (Lipinski definition) is 2. The van der Waals surface area contributed by atoms with Gasteiger partial charge in [-0.15, -0.1) is 5.10 Å². The van der Waals surface area contributed by atoms with Gasteiger partial charge in [0, 0.05) is 13.0 Å². The Labute approximate surface area is 95.7 Å². The molecule has 8 nitrogen and oxygen atoms in total. The molecule has 0 unspecified atom stereocenters. The normalized spacial score (nSPS) is 10.1. The molecule has 8 heteroatoms. The quantitative estimate of drug-likeness (QED) is 0.755. The molecule has 2 rings (SSSR count). The Morgan fingerprint density at radius 2 is 2.41 bits per heavy atom. The molecule has 2 N–H and O–H groups in total. The molecule has 0 amide bonds. The lowest BCUT2D eigenvalue weighted by Crippen LogP contribution is -2.11. The summed E-state index contributed by atoms with van der Waals surface area (Å²) >= 11 is 0. The van der Waals surface area contributed by atoms with Crippen molar-refractivity contribution in [2.45, 2.75) is 6.42 Å². The predicted molar refractivity (Wildman–Crippen MR) is 55.5 cm³/mol. The molecule has 0 aromatic carbocycles. The number of aromatic nitrogens is 4. The SMILES string of the molecule is O=C(O)c1ccnnc1NCCc1ncno1. The van der Waals surface area contributed by atoms with Crippen LogP contribution in [0.1, 0.15) is 16.2 Å². The Kier molecular flexibility index (Phi) is 3.24. The predicted octanol–water partition coefficient (Wildman–Crippen LogP) is 0.212. The standard InChI is InChI=1S/C9H9N5O3/c15-9(16)6-1-4-12-14-8(6)10-3-2-7-11-5-13-17-7/h1,4-5H,2-3H2,(H,10,14)(H,15,16). The highest BCUT2D eigenvalue weighted by molar-refractivity contribution is 5.92. The smallest absolute Gasteiger partial charge is 0.339 e. The molecule has 17 heavy (non-hydrogen) atoms. The Bertz CT molecular complexity index is 499. The zero-order valence-electron chi connectivity index (χ0n) is 8.70. The lowest BCUT2D eigenvalue weighted by atomic mass is 10.3. The number of hydrogen-bond acceptors (Lipinski definition) is 7. The minimum Gasteiger partial charge on any atom is -0.478 e. The molecule has 0 aliphatic carbocycles. The van der Waals surface area contributed by atoms with Gasteiger partial charge in [0.1, 0.15) is 5.56 Å². The van der Waals surface area contributed by atoms with Crippen LogP contribution in [0.4, 0.5) is 5.82 Å². The molecule has 0 saturated carbocycles. The van der Waals surface area contributed by atoms with Gasteiger partial charge in [0.05, 0.1) is 6.20 Å². The van der Waals surface area contributed by atoms with E-state index in [-0.39, 0.29) is 11.4 Å². The van der Waals surface area contributed by atoms with E-state index in [1.54, 1.807) is 0 Å². The first-order valence-corrected chi connectivity index (χ1v) is 4.82. The van der Waals surface area contributed by atoms with Crippen LogP contribution in [0.5, 0.6) is 0 Å². The number of nitrogens with zero attached hydrogens (tertiary/aromatic N) is 4. The first-order chi connectivity index (χ1) is 8.27. The van der Waals surface area contributed by atoms with Crippen molar-refractivity contribution in [1.82, 2.24) is 20.3 Å². The Morgan fingerprint density at radius 1 is 1.53 bits per heavy atom. The van der Waals surface area contributed by atoms with Gasteiger partial charge in [0.2, 0.25) is 5.89 Å². The number of nitrogens with one attached hydrogen (secondary N) is 1. The van der Waals surface area contributed by atoms with Crippen LogP contribution < -0.4 is 5.32 Å². The van der Waals surface area contributed by atoms with Gasteiger partial charge >= 0.3 is 5.97 Å². The average Bonchev–Trinajstić information content (AvgIpc) is 2.82. The van der Waals surface area contributed by atoms with Crippen LogP contribution in [-0.4, -0.2) is 38.0 Å². The van der Waals surface area contributed by atoms with E-state index in [0.29, 0.717) is 18.9 Å². The second kappa shape index (κ2) is 5.01. The van der Waals surface area contributed by atoms with E-state index in [1.165, 1.54) is 18.6 Å². The number of carboxylic acids is 1. The summed E-state index contributed by atoms with van der Waals surface area (Å²) in [6.07, 6.45) is 3.11. The largest absolute Gasteiger partial charge is 0.478 e. The van der Waals surface area contributed by atoms with Gasteiger partial charge in [-0.25, -0.2) is 4.79 Å².